The number of hydrogen-bond acceptors (Lipinski definition) is 3. The van der Waals surface area contributed by atoms with Crippen LogP contribution in [0.4, 0.5) is 4.79 Å². The van der Waals surface area contributed by atoms with Crippen LogP contribution >= 0.6 is 0 Å². The number of likely N-dealkylation sites (N-methyl/N-ethyl adjacent to an activating group) is 1. The van der Waals surface area contributed by atoms with Crippen LogP contribution in [0, 0.1) is 0 Å². The molecule has 94 valence electrons. The third-order valence-electron chi connectivity index (χ3n) is 1.79. The summed E-state index contributed by atoms with van der Waals surface area (Å²) in [5, 5.41) is 11.3. The Kier molecular flexibility index (Phi) is 5.81. The molecule has 0 aromatic heterocycles. The smallest absolute Gasteiger partial charge is 0.407 e. The van der Waals surface area contributed by atoms with Crippen LogP contribution in [0.2, 0.25) is 0 Å². The normalized spacial score (nSPS) is 13.0. The molecule has 0 saturated heterocycles. The van der Waals surface area contributed by atoms with Crippen molar-refractivity contribution in [2.75, 3.05) is 34.3 Å². The van der Waals surface area contributed by atoms with Gasteiger partial charge in [0.15, 0.2) is 0 Å². The van der Waals surface area contributed by atoms with E-state index in [2.05, 4.69) is 5.32 Å². The van der Waals surface area contributed by atoms with Crippen LogP contribution in [0.15, 0.2) is 0 Å². The van der Waals surface area contributed by atoms with E-state index < -0.39 is 18.1 Å². The number of nitrogens with zero attached hydrogens (tertiary/aromatic N) is 1. The molecular weight excluding hydrogens is 212 g/mol. The van der Waals surface area contributed by atoms with Gasteiger partial charge in [0.1, 0.15) is 0 Å². The van der Waals surface area contributed by atoms with Gasteiger partial charge in [0.05, 0.1) is 46.8 Å². The quantitative estimate of drug-likeness (QED) is 0.646. The van der Waals surface area contributed by atoms with E-state index in [0.717, 1.165) is 0 Å². The van der Waals surface area contributed by atoms with Crippen LogP contribution in [0.1, 0.15) is 13.3 Å². The number of quaternary nitrogens is 1. The fourth-order valence-corrected chi connectivity index (χ4v) is 1.37. The maximum atomic E-state index is 11.2. The Morgan fingerprint density at radius 1 is 1.38 bits per heavy atom. The largest absolute Gasteiger partial charge is 0.481 e. The van der Waals surface area contributed by atoms with Crippen molar-refractivity contribution in [3.63, 3.8) is 0 Å². The Labute approximate surface area is 95.8 Å². The molecule has 0 rings (SSSR count). The van der Waals surface area contributed by atoms with Crippen molar-refractivity contribution in [1.29, 1.82) is 0 Å². The molecule has 1 atom stereocenters. The Balaban J connectivity index is 4.31. The van der Waals surface area contributed by atoms with Crippen LogP contribution in [-0.4, -0.2) is 62.0 Å². The molecule has 0 spiro atoms. The molecule has 0 aliphatic rings. The van der Waals surface area contributed by atoms with Gasteiger partial charge in [-0.2, -0.15) is 0 Å². The molecule has 6 nitrogen and oxygen atoms in total. The van der Waals surface area contributed by atoms with Crippen molar-refractivity contribution in [3.8, 4) is 0 Å². The molecule has 16 heavy (non-hydrogen) atoms. The minimum atomic E-state index is -0.935. The number of carbonyl (C=O) groups is 2. The second-order valence-corrected chi connectivity index (χ2v) is 4.63. The maximum absolute atomic E-state index is 11.2. The summed E-state index contributed by atoms with van der Waals surface area (Å²) in [7, 11) is 5.80. The molecular formula is C10H21N2O4+. The number of carbonyl (C=O) groups excluding carboxylic acids is 1. The lowest BCUT2D eigenvalue weighted by molar-refractivity contribution is -0.871. The summed E-state index contributed by atoms with van der Waals surface area (Å²) in [6, 6.07) is -0.420. The molecule has 0 aromatic rings. The van der Waals surface area contributed by atoms with Crippen molar-refractivity contribution >= 4 is 12.1 Å². The van der Waals surface area contributed by atoms with Gasteiger partial charge in [-0.3, -0.25) is 4.79 Å². The van der Waals surface area contributed by atoms with Crippen LogP contribution in [0.25, 0.3) is 0 Å². The Bertz CT molecular complexity index is 248. The van der Waals surface area contributed by atoms with Crippen LogP contribution in [-0.2, 0) is 9.53 Å². The molecule has 0 bridgehead atoms. The highest BCUT2D eigenvalue weighted by molar-refractivity contribution is 5.71. The average Bonchev–Trinajstić information content (AvgIpc) is 1.98. The summed E-state index contributed by atoms with van der Waals surface area (Å²) in [6.45, 7) is 2.51. The van der Waals surface area contributed by atoms with E-state index in [-0.39, 0.29) is 13.0 Å². The van der Waals surface area contributed by atoms with Gasteiger partial charge in [0.2, 0.25) is 0 Å². The van der Waals surface area contributed by atoms with Crippen molar-refractivity contribution in [1.82, 2.24) is 5.32 Å². The number of alkyl carbamates (subject to hydrolysis) is 1. The fourth-order valence-electron chi connectivity index (χ4n) is 1.37. The summed E-state index contributed by atoms with van der Waals surface area (Å²) in [5.74, 6) is -0.935. The molecule has 0 fully saturated rings. The zero-order valence-corrected chi connectivity index (χ0v) is 10.3. The summed E-state index contributed by atoms with van der Waals surface area (Å²) in [6.07, 6.45) is -0.670. The van der Waals surface area contributed by atoms with Crippen LogP contribution in [0.5, 0.6) is 0 Å². The molecule has 2 N–H and O–H groups in total. The lowest BCUT2D eigenvalue weighted by Crippen LogP contribution is -2.49. The number of aliphatic carboxylic acids is 1. The van der Waals surface area contributed by atoms with Gasteiger partial charge in [-0.05, 0) is 6.92 Å². The predicted octanol–water partition coefficient (Wildman–Crippen LogP) is 0.282. The Morgan fingerprint density at radius 3 is 2.31 bits per heavy atom. The molecule has 0 radical (unpaired) electrons. The molecule has 0 aromatic carbocycles. The van der Waals surface area contributed by atoms with Gasteiger partial charge in [-0.25, -0.2) is 4.79 Å². The molecule has 0 aliphatic heterocycles. The highest BCUT2D eigenvalue weighted by Crippen LogP contribution is 2.00. The number of amides is 1. The molecule has 6 heteroatoms. The first-order chi connectivity index (χ1) is 7.24. The predicted molar refractivity (Wildman–Crippen MR) is 59.1 cm³/mol. The standard InChI is InChI=1S/C10H20N2O4/c1-5-16-10(15)11-8(6-9(13)14)7-12(2,3)4/h8H,5-7H2,1-4H3,(H-,11,13,14,15)/p+1. The number of ether oxygens (including phenoxy) is 1. The lowest BCUT2D eigenvalue weighted by Gasteiger charge is -2.28. The summed E-state index contributed by atoms with van der Waals surface area (Å²) in [4.78, 5) is 21.8. The summed E-state index contributed by atoms with van der Waals surface area (Å²) in [5.41, 5.74) is 0. The van der Waals surface area contributed by atoms with E-state index in [4.69, 9.17) is 9.84 Å². The Morgan fingerprint density at radius 2 is 1.94 bits per heavy atom. The van der Waals surface area contributed by atoms with E-state index >= 15 is 0 Å². The summed E-state index contributed by atoms with van der Waals surface area (Å²) < 4.78 is 5.29. The molecule has 0 saturated carbocycles. The second kappa shape index (κ2) is 6.32. The zero-order chi connectivity index (χ0) is 12.8. The second-order valence-electron chi connectivity index (χ2n) is 4.63. The third kappa shape index (κ3) is 8.05. The number of carboxylic acid groups (broad SMARTS) is 1. The minimum Gasteiger partial charge on any atom is -0.481 e. The SMILES string of the molecule is CCOC(=O)NC(CC(=O)O)C[N+](C)(C)C. The molecule has 1 amide bonds. The molecule has 0 heterocycles. The third-order valence-corrected chi connectivity index (χ3v) is 1.79. The molecule has 1 unspecified atom stereocenters. The van der Waals surface area contributed by atoms with E-state index in [0.29, 0.717) is 11.0 Å². The van der Waals surface area contributed by atoms with Gasteiger partial charge < -0.3 is 19.6 Å². The van der Waals surface area contributed by atoms with E-state index in [1.807, 2.05) is 21.1 Å². The van der Waals surface area contributed by atoms with E-state index in [1.54, 1.807) is 6.92 Å². The summed E-state index contributed by atoms with van der Waals surface area (Å²) >= 11 is 0. The monoisotopic (exact) mass is 233 g/mol. The number of hydrogen-bond donors (Lipinski definition) is 2. The highest BCUT2D eigenvalue weighted by Gasteiger charge is 2.23. The molecule has 0 aliphatic carbocycles. The number of carboxylic acids is 1. The zero-order valence-electron chi connectivity index (χ0n) is 10.3. The van der Waals surface area contributed by atoms with Gasteiger partial charge in [0, 0.05) is 0 Å². The van der Waals surface area contributed by atoms with Crippen LogP contribution in [0.3, 0.4) is 0 Å². The first-order valence-electron chi connectivity index (χ1n) is 5.20. The van der Waals surface area contributed by atoms with Gasteiger partial charge in [-0.15, -0.1) is 0 Å². The van der Waals surface area contributed by atoms with Gasteiger partial charge >= 0.3 is 12.1 Å². The van der Waals surface area contributed by atoms with Crippen molar-refractivity contribution < 1.29 is 23.9 Å². The van der Waals surface area contributed by atoms with Gasteiger partial charge in [-0.1, -0.05) is 0 Å². The van der Waals surface area contributed by atoms with E-state index in [9.17, 15) is 9.59 Å². The topological polar surface area (TPSA) is 75.6 Å². The number of rotatable bonds is 6. The maximum Gasteiger partial charge on any atom is 0.407 e. The van der Waals surface area contributed by atoms with Crippen LogP contribution < -0.4 is 5.32 Å². The lowest BCUT2D eigenvalue weighted by atomic mass is 10.2. The van der Waals surface area contributed by atoms with Crippen molar-refractivity contribution in [3.05, 3.63) is 0 Å². The van der Waals surface area contributed by atoms with Gasteiger partial charge in [0.25, 0.3) is 0 Å². The number of nitrogens with one attached hydrogen (secondary N) is 1. The fraction of sp³-hybridized carbons (Fsp3) is 0.800. The first-order valence-corrected chi connectivity index (χ1v) is 5.20. The Hall–Kier alpha value is -1.30. The average molecular weight is 233 g/mol. The first kappa shape index (κ1) is 14.7. The van der Waals surface area contributed by atoms with Crippen molar-refractivity contribution in [2.24, 2.45) is 0 Å². The van der Waals surface area contributed by atoms with Crippen molar-refractivity contribution in [2.45, 2.75) is 19.4 Å². The highest BCUT2D eigenvalue weighted by atomic mass is 16.5. The minimum absolute atomic E-state index is 0.103. The van der Waals surface area contributed by atoms with E-state index in [1.165, 1.54) is 0 Å².